The lowest BCUT2D eigenvalue weighted by atomic mass is 10.1. The predicted molar refractivity (Wildman–Crippen MR) is 127 cm³/mol. The van der Waals surface area contributed by atoms with Gasteiger partial charge in [0.1, 0.15) is 22.6 Å². The van der Waals surface area contributed by atoms with E-state index in [0.717, 1.165) is 37.1 Å². The number of hydrogen-bond acceptors (Lipinski definition) is 5. The van der Waals surface area contributed by atoms with E-state index < -0.39 is 5.25 Å². The highest BCUT2D eigenvalue weighted by molar-refractivity contribution is 8.00. The number of hydrogen-bond donors (Lipinski definition) is 1. The second-order valence-corrected chi connectivity index (χ2v) is 9.14. The predicted octanol–water partition coefficient (Wildman–Crippen LogP) is 6.13. The van der Waals surface area contributed by atoms with Crippen molar-refractivity contribution in [2.24, 2.45) is 0 Å². The van der Waals surface area contributed by atoms with Crippen LogP contribution in [0, 0.1) is 11.3 Å². The molecule has 0 fully saturated rings. The molecule has 1 atom stereocenters. The Morgan fingerprint density at radius 2 is 1.78 bits per heavy atom. The SMILES string of the molecule is CC(Sc1nc2c(cc1C#N)CCCCC2)C(=O)Nc1ccc(Oc2ccccc2)cc1. The van der Waals surface area contributed by atoms with Gasteiger partial charge in [0, 0.05) is 11.4 Å². The monoisotopic (exact) mass is 443 g/mol. The molecule has 0 saturated carbocycles. The first-order valence-corrected chi connectivity index (χ1v) is 11.7. The molecule has 1 amide bonds. The lowest BCUT2D eigenvalue weighted by Gasteiger charge is -2.15. The molecule has 1 aliphatic carbocycles. The number of thioether (sulfide) groups is 1. The maximum absolute atomic E-state index is 12.8. The van der Waals surface area contributed by atoms with E-state index in [1.54, 1.807) is 0 Å². The van der Waals surface area contributed by atoms with Crippen LogP contribution >= 0.6 is 11.8 Å². The molecule has 162 valence electrons. The van der Waals surface area contributed by atoms with Gasteiger partial charge in [0.2, 0.25) is 5.91 Å². The zero-order valence-corrected chi connectivity index (χ0v) is 18.8. The van der Waals surface area contributed by atoms with E-state index in [1.807, 2.05) is 67.6 Å². The van der Waals surface area contributed by atoms with Gasteiger partial charge in [-0.3, -0.25) is 4.79 Å². The molecule has 0 bridgehead atoms. The molecule has 1 unspecified atom stereocenters. The Labute approximate surface area is 192 Å². The summed E-state index contributed by atoms with van der Waals surface area (Å²) in [6, 6.07) is 21.0. The molecule has 1 aliphatic rings. The van der Waals surface area contributed by atoms with Crippen molar-refractivity contribution in [3.05, 3.63) is 77.5 Å². The second kappa shape index (κ2) is 10.3. The number of aromatic nitrogens is 1. The quantitative estimate of drug-likeness (QED) is 0.366. The van der Waals surface area contributed by atoms with Gasteiger partial charge in [-0.2, -0.15) is 5.26 Å². The molecule has 32 heavy (non-hydrogen) atoms. The van der Waals surface area contributed by atoms with Crippen molar-refractivity contribution in [2.45, 2.75) is 49.3 Å². The molecule has 6 heteroatoms. The van der Waals surface area contributed by atoms with Crippen LogP contribution in [0.4, 0.5) is 5.69 Å². The minimum atomic E-state index is -0.390. The third-order valence-corrected chi connectivity index (χ3v) is 6.50. The van der Waals surface area contributed by atoms with Crippen LogP contribution in [0.25, 0.3) is 0 Å². The first kappa shape index (κ1) is 21.9. The van der Waals surface area contributed by atoms with Crippen molar-refractivity contribution in [1.82, 2.24) is 4.98 Å². The molecule has 0 saturated heterocycles. The maximum Gasteiger partial charge on any atom is 0.237 e. The van der Waals surface area contributed by atoms with Crippen molar-refractivity contribution >= 4 is 23.4 Å². The minimum Gasteiger partial charge on any atom is -0.457 e. The van der Waals surface area contributed by atoms with Gasteiger partial charge in [0.05, 0.1) is 10.8 Å². The van der Waals surface area contributed by atoms with E-state index in [4.69, 9.17) is 9.72 Å². The molecule has 2 aromatic carbocycles. The summed E-state index contributed by atoms with van der Waals surface area (Å²) in [4.78, 5) is 17.5. The molecule has 1 aromatic heterocycles. The van der Waals surface area contributed by atoms with Crippen molar-refractivity contribution in [1.29, 1.82) is 5.26 Å². The fraction of sp³-hybridized carbons (Fsp3) is 0.269. The molecule has 0 radical (unpaired) electrons. The summed E-state index contributed by atoms with van der Waals surface area (Å²) in [5.74, 6) is 1.33. The first-order valence-electron chi connectivity index (χ1n) is 10.9. The Morgan fingerprint density at radius 3 is 2.53 bits per heavy atom. The molecule has 0 spiro atoms. The number of carbonyl (C=O) groups excluding carboxylic acids is 1. The number of pyridine rings is 1. The number of para-hydroxylation sites is 1. The van der Waals surface area contributed by atoms with Crippen LogP contribution in [0.1, 0.15) is 43.0 Å². The number of rotatable bonds is 6. The number of fused-ring (bicyclic) bond motifs is 1. The first-order chi connectivity index (χ1) is 15.6. The number of amides is 1. The van der Waals surface area contributed by atoms with E-state index in [0.29, 0.717) is 22.0 Å². The molecule has 5 nitrogen and oxygen atoms in total. The smallest absolute Gasteiger partial charge is 0.237 e. The third kappa shape index (κ3) is 5.49. The fourth-order valence-electron chi connectivity index (χ4n) is 3.66. The number of aryl methyl sites for hydroxylation is 2. The standard InChI is InChI=1S/C26H25N3O2S/c1-18(32-26-20(17-27)16-19-8-4-2-7-11-24(19)29-26)25(30)28-21-12-14-23(15-13-21)31-22-9-5-3-6-10-22/h3,5-6,9-10,12-16,18H,2,4,7-8,11H2,1H3,(H,28,30). The largest absolute Gasteiger partial charge is 0.457 e. The van der Waals surface area contributed by atoms with E-state index in [2.05, 4.69) is 11.4 Å². The van der Waals surface area contributed by atoms with Gasteiger partial charge < -0.3 is 10.1 Å². The molecule has 3 aromatic rings. The molecular weight excluding hydrogens is 418 g/mol. The molecule has 1 heterocycles. The summed E-state index contributed by atoms with van der Waals surface area (Å²) in [5, 5.41) is 12.8. The van der Waals surface area contributed by atoms with Gasteiger partial charge >= 0.3 is 0 Å². The van der Waals surface area contributed by atoms with Crippen LogP contribution in [-0.2, 0) is 17.6 Å². The van der Waals surface area contributed by atoms with E-state index in [-0.39, 0.29) is 5.91 Å². The van der Waals surface area contributed by atoms with Crippen LogP contribution < -0.4 is 10.1 Å². The van der Waals surface area contributed by atoms with Crippen LogP contribution in [0.3, 0.4) is 0 Å². The fourth-order valence-corrected chi connectivity index (χ4v) is 4.55. The Morgan fingerprint density at radius 1 is 1.06 bits per heavy atom. The van der Waals surface area contributed by atoms with Gasteiger partial charge in [-0.05, 0) is 80.6 Å². The Kier molecular flexibility index (Phi) is 7.08. The highest BCUT2D eigenvalue weighted by Gasteiger charge is 2.20. The zero-order chi connectivity index (χ0) is 22.3. The topological polar surface area (TPSA) is 75.0 Å². The van der Waals surface area contributed by atoms with Crippen molar-refractivity contribution in [3.8, 4) is 17.6 Å². The molecule has 1 N–H and O–H groups in total. The summed E-state index contributed by atoms with van der Waals surface area (Å²) in [6.45, 7) is 1.83. The average molecular weight is 444 g/mol. The van der Waals surface area contributed by atoms with Gasteiger partial charge in [-0.15, -0.1) is 0 Å². The number of benzene rings is 2. The van der Waals surface area contributed by atoms with Crippen LogP contribution in [0.5, 0.6) is 11.5 Å². The van der Waals surface area contributed by atoms with Gasteiger partial charge in [-0.25, -0.2) is 4.98 Å². The second-order valence-electron chi connectivity index (χ2n) is 7.81. The van der Waals surface area contributed by atoms with E-state index >= 15 is 0 Å². The van der Waals surface area contributed by atoms with Crippen LogP contribution in [0.2, 0.25) is 0 Å². The number of nitriles is 1. The van der Waals surface area contributed by atoms with Crippen molar-refractivity contribution < 1.29 is 9.53 Å². The van der Waals surface area contributed by atoms with Crippen LogP contribution in [-0.4, -0.2) is 16.1 Å². The summed E-state index contributed by atoms with van der Waals surface area (Å²) < 4.78 is 5.79. The number of carbonyl (C=O) groups is 1. The van der Waals surface area contributed by atoms with E-state index in [9.17, 15) is 10.1 Å². The highest BCUT2D eigenvalue weighted by atomic mass is 32.2. The lowest BCUT2D eigenvalue weighted by Crippen LogP contribution is -2.22. The van der Waals surface area contributed by atoms with E-state index in [1.165, 1.54) is 23.7 Å². The van der Waals surface area contributed by atoms with Crippen LogP contribution in [0.15, 0.2) is 65.7 Å². The average Bonchev–Trinajstić information content (AvgIpc) is 3.05. The van der Waals surface area contributed by atoms with Gasteiger partial charge in [-0.1, -0.05) is 36.4 Å². The Hall–Kier alpha value is -3.30. The van der Waals surface area contributed by atoms with Crippen molar-refractivity contribution in [3.63, 3.8) is 0 Å². The van der Waals surface area contributed by atoms with Gasteiger partial charge in [0.15, 0.2) is 0 Å². The number of anilines is 1. The Bertz CT molecular complexity index is 1120. The summed E-state index contributed by atoms with van der Waals surface area (Å²) in [5.41, 5.74) is 3.50. The number of nitrogens with one attached hydrogen (secondary N) is 1. The lowest BCUT2D eigenvalue weighted by molar-refractivity contribution is -0.115. The summed E-state index contributed by atoms with van der Waals surface area (Å²) >= 11 is 1.34. The minimum absolute atomic E-state index is 0.132. The highest BCUT2D eigenvalue weighted by Crippen LogP contribution is 2.30. The number of ether oxygens (including phenoxy) is 1. The van der Waals surface area contributed by atoms with Gasteiger partial charge in [0.25, 0.3) is 0 Å². The van der Waals surface area contributed by atoms with Crippen molar-refractivity contribution in [2.75, 3.05) is 5.32 Å². The normalized spacial score (nSPS) is 13.9. The molecular formula is C26H25N3O2S. The molecule has 4 rings (SSSR count). The Balaban J connectivity index is 1.40. The third-order valence-electron chi connectivity index (χ3n) is 5.39. The zero-order valence-electron chi connectivity index (χ0n) is 18.0. The number of nitrogens with zero attached hydrogens (tertiary/aromatic N) is 2. The molecule has 0 aliphatic heterocycles. The summed E-state index contributed by atoms with van der Waals surface area (Å²) in [7, 11) is 0. The maximum atomic E-state index is 12.8. The summed E-state index contributed by atoms with van der Waals surface area (Å²) in [6.07, 6.45) is 5.36.